The standard InChI is InChI=1S/C29H23ClN4O3/c1-3-37-29(36)26-27(34-28(35)19-9-5-4-6-10-19)33-25(24(32-26)18-13-15-20(30)16-14-18)23-17(2)31-22-12-8-7-11-21(22)23/h4-16,31H,3H2,1-2H3,(H,33,34,35). The molecule has 2 heterocycles. The Morgan fingerprint density at radius 2 is 1.62 bits per heavy atom. The number of aromatic nitrogens is 3. The molecule has 37 heavy (non-hydrogen) atoms. The number of hydrogen-bond donors (Lipinski definition) is 2. The third kappa shape index (κ3) is 4.81. The number of benzene rings is 3. The van der Waals surface area contributed by atoms with Crippen molar-refractivity contribution in [2.45, 2.75) is 13.8 Å². The van der Waals surface area contributed by atoms with E-state index in [1.807, 2.05) is 49.4 Å². The molecule has 2 N–H and O–H groups in total. The van der Waals surface area contributed by atoms with Crippen LogP contribution in [0.2, 0.25) is 5.02 Å². The molecule has 8 heteroatoms. The SMILES string of the molecule is CCOC(=O)c1nc(-c2ccc(Cl)cc2)c(-c2c(C)[nH]c3ccccc23)nc1NC(=O)c1ccccc1. The van der Waals surface area contributed by atoms with Gasteiger partial charge in [0.15, 0.2) is 11.5 Å². The molecule has 0 bridgehead atoms. The van der Waals surface area contributed by atoms with Crippen LogP contribution in [0.4, 0.5) is 5.82 Å². The summed E-state index contributed by atoms with van der Waals surface area (Å²) in [5.41, 5.74) is 4.64. The normalized spacial score (nSPS) is 10.9. The van der Waals surface area contributed by atoms with E-state index in [0.717, 1.165) is 22.2 Å². The van der Waals surface area contributed by atoms with Gasteiger partial charge >= 0.3 is 5.97 Å². The molecule has 7 nitrogen and oxygen atoms in total. The number of nitrogens with zero attached hydrogens (tertiary/aromatic N) is 2. The van der Waals surface area contributed by atoms with E-state index in [1.165, 1.54) is 0 Å². The van der Waals surface area contributed by atoms with E-state index < -0.39 is 11.9 Å². The van der Waals surface area contributed by atoms with Crippen molar-refractivity contribution in [2.75, 3.05) is 11.9 Å². The predicted octanol–water partition coefficient (Wildman–Crippen LogP) is 6.68. The molecule has 0 aliphatic carbocycles. The Kier molecular flexibility index (Phi) is 6.70. The lowest BCUT2D eigenvalue weighted by Gasteiger charge is -2.15. The summed E-state index contributed by atoms with van der Waals surface area (Å²) in [7, 11) is 0. The second kappa shape index (κ2) is 10.2. The third-order valence-corrected chi connectivity index (χ3v) is 6.13. The van der Waals surface area contributed by atoms with Gasteiger partial charge in [-0.15, -0.1) is 0 Å². The molecular formula is C29H23ClN4O3. The lowest BCUT2D eigenvalue weighted by molar-refractivity contribution is 0.0520. The molecule has 2 aromatic heterocycles. The van der Waals surface area contributed by atoms with E-state index in [9.17, 15) is 9.59 Å². The van der Waals surface area contributed by atoms with Gasteiger partial charge in [-0.1, -0.05) is 60.1 Å². The van der Waals surface area contributed by atoms with Crippen LogP contribution in [0.3, 0.4) is 0 Å². The number of aromatic amines is 1. The summed E-state index contributed by atoms with van der Waals surface area (Å²) in [5.74, 6) is -1.08. The summed E-state index contributed by atoms with van der Waals surface area (Å²) < 4.78 is 5.27. The molecule has 0 spiro atoms. The molecule has 5 aromatic rings. The number of nitrogens with one attached hydrogen (secondary N) is 2. The maximum absolute atomic E-state index is 13.1. The number of anilines is 1. The molecular weight excluding hydrogens is 488 g/mol. The van der Waals surface area contributed by atoms with E-state index in [-0.39, 0.29) is 18.1 Å². The number of hydrogen-bond acceptors (Lipinski definition) is 5. The smallest absolute Gasteiger partial charge is 0.360 e. The minimum absolute atomic E-state index is 0.0182. The van der Waals surface area contributed by atoms with E-state index in [1.54, 1.807) is 43.3 Å². The van der Waals surface area contributed by atoms with Crippen LogP contribution in [0, 0.1) is 6.92 Å². The van der Waals surface area contributed by atoms with E-state index >= 15 is 0 Å². The van der Waals surface area contributed by atoms with E-state index in [0.29, 0.717) is 27.5 Å². The van der Waals surface area contributed by atoms with Crippen LogP contribution in [-0.2, 0) is 4.74 Å². The molecule has 0 aliphatic rings. The molecule has 0 atom stereocenters. The molecule has 0 aliphatic heterocycles. The van der Waals surface area contributed by atoms with Gasteiger partial charge in [0.2, 0.25) is 0 Å². The first-order chi connectivity index (χ1) is 18.0. The van der Waals surface area contributed by atoms with Crippen LogP contribution >= 0.6 is 11.6 Å². The second-order valence-electron chi connectivity index (χ2n) is 8.34. The van der Waals surface area contributed by atoms with Crippen molar-refractivity contribution in [3.05, 3.63) is 101 Å². The number of amides is 1. The summed E-state index contributed by atoms with van der Waals surface area (Å²) in [6.45, 7) is 3.80. The number of ether oxygens (including phenoxy) is 1. The van der Waals surface area contributed by atoms with Crippen molar-refractivity contribution < 1.29 is 14.3 Å². The van der Waals surface area contributed by atoms with Crippen LogP contribution in [0.15, 0.2) is 78.9 Å². The van der Waals surface area contributed by atoms with Crippen LogP contribution in [0.1, 0.15) is 33.5 Å². The molecule has 5 rings (SSSR count). The van der Waals surface area contributed by atoms with Crippen LogP contribution in [-0.4, -0.2) is 33.4 Å². The van der Waals surface area contributed by atoms with Crippen LogP contribution in [0.25, 0.3) is 33.4 Å². The van der Waals surface area contributed by atoms with Crippen molar-refractivity contribution in [3.63, 3.8) is 0 Å². The predicted molar refractivity (Wildman–Crippen MR) is 145 cm³/mol. The average molecular weight is 511 g/mol. The van der Waals surface area contributed by atoms with Crippen LogP contribution < -0.4 is 5.32 Å². The lowest BCUT2D eigenvalue weighted by atomic mass is 10.0. The Labute approximate surface area is 218 Å². The zero-order valence-electron chi connectivity index (χ0n) is 20.2. The number of carbonyl (C=O) groups excluding carboxylic acids is 2. The van der Waals surface area contributed by atoms with Gasteiger partial charge in [-0.05, 0) is 44.2 Å². The number of H-pyrrole nitrogens is 1. The number of fused-ring (bicyclic) bond motifs is 1. The number of rotatable bonds is 6. The Morgan fingerprint density at radius 3 is 2.35 bits per heavy atom. The summed E-state index contributed by atoms with van der Waals surface area (Å²) in [6, 6.07) is 23.7. The van der Waals surface area contributed by atoms with E-state index in [2.05, 4.69) is 10.3 Å². The molecule has 0 saturated carbocycles. The van der Waals surface area contributed by atoms with Gasteiger partial charge in [-0.2, -0.15) is 0 Å². The average Bonchev–Trinajstić information content (AvgIpc) is 3.25. The molecule has 0 radical (unpaired) electrons. The first-order valence-electron chi connectivity index (χ1n) is 11.8. The zero-order chi connectivity index (χ0) is 25.9. The quantitative estimate of drug-likeness (QED) is 0.248. The zero-order valence-corrected chi connectivity index (χ0v) is 21.0. The van der Waals surface area contributed by atoms with Crippen molar-refractivity contribution in [3.8, 4) is 22.5 Å². The highest BCUT2D eigenvalue weighted by molar-refractivity contribution is 6.30. The largest absolute Gasteiger partial charge is 0.461 e. The minimum Gasteiger partial charge on any atom is -0.461 e. The number of para-hydroxylation sites is 1. The number of carbonyl (C=O) groups is 2. The summed E-state index contributed by atoms with van der Waals surface area (Å²) in [6.07, 6.45) is 0. The summed E-state index contributed by atoms with van der Waals surface area (Å²) in [5, 5.41) is 4.29. The summed E-state index contributed by atoms with van der Waals surface area (Å²) in [4.78, 5) is 39.0. The monoisotopic (exact) mass is 510 g/mol. The highest BCUT2D eigenvalue weighted by Gasteiger charge is 2.26. The third-order valence-electron chi connectivity index (χ3n) is 5.88. The van der Waals surface area contributed by atoms with Crippen molar-refractivity contribution >= 4 is 40.2 Å². The Balaban J connectivity index is 1.77. The topological polar surface area (TPSA) is 97.0 Å². The first-order valence-corrected chi connectivity index (χ1v) is 12.1. The minimum atomic E-state index is -0.684. The first kappa shape index (κ1) is 24.2. The molecule has 0 fully saturated rings. The van der Waals surface area contributed by atoms with Crippen molar-refractivity contribution in [1.82, 2.24) is 15.0 Å². The van der Waals surface area contributed by atoms with Gasteiger partial charge < -0.3 is 15.0 Å². The number of esters is 1. The van der Waals surface area contributed by atoms with Crippen molar-refractivity contribution in [1.29, 1.82) is 0 Å². The molecule has 0 unspecified atom stereocenters. The Hall–Kier alpha value is -4.49. The highest BCUT2D eigenvalue weighted by Crippen LogP contribution is 2.38. The number of halogens is 1. The molecule has 184 valence electrons. The van der Waals surface area contributed by atoms with Gasteiger partial charge in [0.05, 0.1) is 12.3 Å². The van der Waals surface area contributed by atoms with Crippen LogP contribution in [0.5, 0.6) is 0 Å². The number of aryl methyl sites for hydroxylation is 1. The Bertz CT molecular complexity index is 1610. The molecule has 1 amide bonds. The summed E-state index contributed by atoms with van der Waals surface area (Å²) >= 11 is 6.14. The van der Waals surface area contributed by atoms with Gasteiger partial charge in [0.1, 0.15) is 5.69 Å². The second-order valence-corrected chi connectivity index (χ2v) is 8.77. The Morgan fingerprint density at radius 1 is 0.919 bits per heavy atom. The van der Waals surface area contributed by atoms with Gasteiger partial charge in [-0.25, -0.2) is 14.8 Å². The fraction of sp³-hybridized carbons (Fsp3) is 0.103. The fourth-order valence-electron chi connectivity index (χ4n) is 4.20. The van der Waals surface area contributed by atoms with E-state index in [4.69, 9.17) is 26.3 Å². The molecule has 3 aromatic carbocycles. The maximum atomic E-state index is 13.1. The highest BCUT2D eigenvalue weighted by atomic mass is 35.5. The molecule has 0 saturated heterocycles. The fourth-order valence-corrected chi connectivity index (χ4v) is 4.32. The van der Waals surface area contributed by atoms with Gasteiger partial charge in [0, 0.05) is 38.3 Å². The maximum Gasteiger partial charge on any atom is 0.360 e. The lowest BCUT2D eigenvalue weighted by Crippen LogP contribution is -2.19. The van der Waals surface area contributed by atoms with Gasteiger partial charge in [0.25, 0.3) is 5.91 Å². The van der Waals surface area contributed by atoms with Crippen molar-refractivity contribution in [2.24, 2.45) is 0 Å². The van der Waals surface area contributed by atoms with Gasteiger partial charge in [-0.3, -0.25) is 4.79 Å².